The van der Waals surface area contributed by atoms with Crippen molar-refractivity contribution in [1.29, 1.82) is 0 Å². The van der Waals surface area contributed by atoms with E-state index in [0.717, 1.165) is 31.0 Å². The Hall–Kier alpha value is -2.00. The van der Waals surface area contributed by atoms with Crippen molar-refractivity contribution < 1.29 is 9.47 Å². The molecule has 0 amide bonds. The summed E-state index contributed by atoms with van der Waals surface area (Å²) in [7, 11) is 2.10. The van der Waals surface area contributed by atoms with Gasteiger partial charge in [0.25, 0.3) is 0 Å². The Labute approximate surface area is 132 Å². The van der Waals surface area contributed by atoms with E-state index in [2.05, 4.69) is 55.3 Å². The van der Waals surface area contributed by atoms with E-state index in [9.17, 15) is 0 Å². The van der Waals surface area contributed by atoms with Crippen LogP contribution in [0.15, 0.2) is 54.6 Å². The first-order chi connectivity index (χ1) is 10.7. The third-order valence-electron chi connectivity index (χ3n) is 3.95. The standard InChI is InChI=1S/C19H23NO2/c1-15-11-19(21-14-15)22-18-10-6-9-17(12-18)20(2)13-16-7-4-3-5-8-16/h3-10,12,15,19H,11,13-14H2,1-2H3/t15-,19?/m1/s1. The van der Waals surface area contributed by atoms with Crippen molar-refractivity contribution in [3.05, 3.63) is 60.2 Å². The Morgan fingerprint density at radius 1 is 1.14 bits per heavy atom. The van der Waals surface area contributed by atoms with Gasteiger partial charge in [0.2, 0.25) is 0 Å². The molecule has 0 saturated carbocycles. The summed E-state index contributed by atoms with van der Waals surface area (Å²) in [4.78, 5) is 2.22. The van der Waals surface area contributed by atoms with Crippen LogP contribution in [0.3, 0.4) is 0 Å². The second kappa shape index (κ2) is 6.84. The maximum atomic E-state index is 5.94. The van der Waals surface area contributed by atoms with E-state index in [1.807, 2.05) is 18.2 Å². The molecule has 0 N–H and O–H groups in total. The van der Waals surface area contributed by atoms with Crippen molar-refractivity contribution in [2.75, 3.05) is 18.6 Å². The van der Waals surface area contributed by atoms with Crippen LogP contribution in [0.1, 0.15) is 18.9 Å². The Balaban J connectivity index is 1.65. The maximum absolute atomic E-state index is 5.94. The van der Waals surface area contributed by atoms with E-state index in [1.54, 1.807) is 0 Å². The summed E-state index contributed by atoms with van der Waals surface area (Å²) < 4.78 is 11.6. The fourth-order valence-corrected chi connectivity index (χ4v) is 2.71. The molecule has 1 unspecified atom stereocenters. The molecule has 1 saturated heterocycles. The van der Waals surface area contributed by atoms with Gasteiger partial charge in [-0.2, -0.15) is 0 Å². The monoisotopic (exact) mass is 297 g/mol. The lowest BCUT2D eigenvalue weighted by Gasteiger charge is -2.21. The van der Waals surface area contributed by atoms with Crippen LogP contribution in [0.2, 0.25) is 0 Å². The molecule has 1 fully saturated rings. The highest BCUT2D eigenvalue weighted by Gasteiger charge is 2.23. The molecule has 3 rings (SSSR count). The smallest absolute Gasteiger partial charge is 0.200 e. The zero-order valence-corrected chi connectivity index (χ0v) is 13.2. The minimum absolute atomic E-state index is 0.107. The molecule has 2 atom stereocenters. The lowest BCUT2D eigenvalue weighted by atomic mass is 10.1. The fraction of sp³-hybridized carbons (Fsp3) is 0.368. The Morgan fingerprint density at radius 3 is 2.68 bits per heavy atom. The summed E-state index contributed by atoms with van der Waals surface area (Å²) in [6, 6.07) is 18.7. The van der Waals surface area contributed by atoms with Gasteiger partial charge in [0.15, 0.2) is 6.29 Å². The van der Waals surface area contributed by atoms with Gasteiger partial charge in [-0.1, -0.05) is 43.3 Å². The quantitative estimate of drug-likeness (QED) is 0.830. The van der Waals surface area contributed by atoms with E-state index in [-0.39, 0.29) is 6.29 Å². The van der Waals surface area contributed by atoms with Crippen molar-refractivity contribution in [2.24, 2.45) is 5.92 Å². The molecule has 2 aromatic rings. The molecule has 0 radical (unpaired) electrons. The van der Waals surface area contributed by atoms with Crippen molar-refractivity contribution in [3.8, 4) is 5.75 Å². The van der Waals surface area contributed by atoms with Gasteiger partial charge in [0.05, 0.1) is 6.61 Å². The third kappa shape index (κ3) is 3.80. The van der Waals surface area contributed by atoms with Crippen LogP contribution in [-0.2, 0) is 11.3 Å². The van der Waals surface area contributed by atoms with Gasteiger partial charge in [0.1, 0.15) is 5.75 Å². The van der Waals surface area contributed by atoms with Crippen molar-refractivity contribution in [1.82, 2.24) is 0 Å². The van der Waals surface area contributed by atoms with Crippen molar-refractivity contribution >= 4 is 5.69 Å². The van der Waals surface area contributed by atoms with Gasteiger partial charge in [-0.3, -0.25) is 0 Å². The summed E-state index contributed by atoms with van der Waals surface area (Å²) in [6.45, 7) is 3.85. The molecule has 3 heteroatoms. The molecule has 0 bridgehead atoms. The highest BCUT2D eigenvalue weighted by atomic mass is 16.7. The second-order valence-corrected chi connectivity index (χ2v) is 6.06. The number of rotatable bonds is 5. The third-order valence-corrected chi connectivity index (χ3v) is 3.95. The minimum Gasteiger partial charge on any atom is -0.465 e. The molecule has 2 aromatic carbocycles. The number of nitrogens with zero attached hydrogens (tertiary/aromatic N) is 1. The molecule has 0 spiro atoms. The van der Waals surface area contributed by atoms with Crippen LogP contribution in [0.5, 0.6) is 5.75 Å². The number of anilines is 1. The second-order valence-electron chi connectivity index (χ2n) is 6.06. The summed E-state index contributed by atoms with van der Waals surface area (Å²) in [5.41, 5.74) is 2.44. The van der Waals surface area contributed by atoms with Gasteiger partial charge in [-0.15, -0.1) is 0 Å². The zero-order chi connectivity index (χ0) is 15.4. The van der Waals surface area contributed by atoms with Gasteiger partial charge >= 0.3 is 0 Å². The Kier molecular flexibility index (Phi) is 4.64. The minimum atomic E-state index is -0.107. The highest BCUT2D eigenvalue weighted by molar-refractivity contribution is 5.50. The molecule has 1 aliphatic rings. The van der Waals surface area contributed by atoms with Crippen molar-refractivity contribution in [3.63, 3.8) is 0 Å². The van der Waals surface area contributed by atoms with Gasteiger partial charge in [-0.25, -0.2) is 0 Å². The SMILES string of the molecule is C[C@H]1COC(Oc2cccc(N(C)Cc3ccccc3)c2)C1. The number of ether oxygens (including phenoxy) is 2. The van der Waals surface area contributed by atoms with Crippen LogP contribution in [-0.4, -0.2) is 19.9 Å². The average molecular weight is 297 g/mol. The Bertz CT molecular complexity index is 599. The number of hydrogen-bond acceptors (Lipinski definition) is 3. The lowest BCUT2D eigenvalue weighted by molar-refractivity contribution is -0.0393. The van der Waals surface area contributed by atoms with E-state index in [4.69, 9.17) is 9.47 Å². The molecule has 1 heterocycles. The summed E-state index contributed by atoms with van der Waals surface area (Å²) in [5, 5.41) is 0. The van der Waals surface area contributed by atoms with Crippen LogP contribution in [0.4, 0.5) is 5.69 Å². The van der Waals surface area contributed by atoms with E-state index < -0.39 is 0 Å². The largest absolute Gasteiger partial charge is 0.465 e. The normalized spacial score (nSPS) is 20.8. The topological polar surface area (TPSA) is 21.7 Å². The van der Waals surface area contributed by atoms with Gasteiger partial charge < -0.3 is 14.4 Å². The first-order valence-electron chi connectivity index (χ1n) is 7.84. The maximum Gasteiger partial charge on any atom is 0.200 e. The van der Waals surface area contributed by atoms with Crippen LogP contribution in [0.25, 0.3) is 0 Å². The van der Waals surface area contributed by atoms with Crippen LogP contribution < -0.4 is 9.64 Å². The molecule has 3 nitrogen and oxygen atoms in total. The first-order valence-corrected chi connectivity index (χ1v) is 7.84. The summed E-state index contributed by atoms with van der Waals surface area (Å²) in [6.07, 6.45) is 0.856. The predicted molar refractivity (Wildman–Crippen MR) is 89.1 cm³/mol. The van der Waals surface area contributed by atoms with Gasteiger partial charge in [-0.05, 0) is 23.6 Å². The van der Waals surface area contributed by atoms with Crippen LogP contribution in [0, 0.1) is 5.92 Å². The molecular formula is C19H23NO2. The summed E-state index contributed by atoms with van der Waals surface area (Å²) in [5.74, 6) is 1.45. The summed E-state index contributed by atoms with van der Waals surface area (Å²) >= 11 is 0. The number of hydrogen-bond donors (Lipinski definition) is 0. The molecule has 0 aliphatic carbocycles. The molecule has 22 heavy (non-hydrogen) atoms. The fourth-order valence-electron chi connectivity index (χ4n) is 2.71. The Morgan fingerprint density at radius 2 is 1.95 bits per heavy atom. The lowest BCUT2D eigenvalue weighted by Crippen LogP contribution is -2.17. The van der Waals surface area contributed by atoms with E-state index in [0.29, 0.717) is 5.92 Å². The number of benzene rings is 2. The predicted octanol–water partition coefficient (Wildman–Crippen LogP) is 4.08. The van der Waals surface area contributed by atoms with Gasteiger partial charge in [0, 0.05) is 31.8 Å². The molecule has 0 aromatic heterocycles. The molecule has 1 aliphatic heterocycles. The van der Waals surface area contributed by atoms with E-state index in [1.165, 1.54) is 5.56 Å². The molecule has 116 valence electrons. The average Bonchev–Trinajstić information content (AvgIpc) is 2.93. The van der Waals surface area contributed by atoms with E-state index >= 15 is 0 Å². The highest BCUT2D eigenvalue weighted by Crippen LogP contribution is 2.26. The molecular weight excluding hydrogens is 274 g/mol. The zero-order valence-electron chi connectivity index (χ0n) is 13.2. The van der Waals surface area contributed by atoms with Crippen LogP contribution >= 0.6 is 0 Å². The first kappa shape index (κ1) is 14.9. The van der Waals surface area contributed by atoms with Crippen molar-refractivity contribution in [2.45, 2.75) is 26.2 Å².